The van der Waals surface area contributed by atoms with E-state index in [2.05, 4.69) is 4.98 Å². The van der Waals surface area contributed by atoms with Gasteiger partial charge in [0.1, 0.15) is 11.3 Å². The van der Waals surface area contributed by atoms with Crippen LogP contribution in [0.5, 0.6) is 0 Å². The van der Waals surface area contributed by atoms with E-state index in [9.17, 15) is 22.0 Å². The first-order valence-electron chi connectivity index (χ1n) is 11.8. The molecule has 0 bridgehead atoms. The summed E-state index contributed by atoms with van der Waals surface area (Å²) >= 11 is 1.03. The predicted molar refractivity (Wildman–Crippen MR) is 145 cm³/mol. The lowest BCUT2D eigenvalue weighted by Crippen LogP contribution is -2.42. The highest BCUT2D eigenvalue weighted by Gasteiger charge is 2.32. The molecule has 1 aliphatic rings. The van der Waals surface area contributed by atoms with Gasteiger partial charge in [0.05, 0.1) is 9.60 Å². The average Bonchev–Trinajstić information content (AvgIpc) is 3.22. The summed E-state index contributed by atoms with van der Waals surface area (Å²) in [6.07, 6.45) is 0.991. The molecule has 1 amide bonds. The van der Waals surface area contributed by atoms with Gasteiger partial charge in [-0.3, -0.25) is 9.69 Å². The number of rotatable bonds is 7. The SMILES string of the molecule is CC1CC(C)CN(S(=O)(=O)c2ccc(C(=O)N(CCN(C)C)c3nc4c(F)cc(F)cc4s3)cc2)C1.Cl. The summed E-state index contributed by atoms with van der Waals surface area (Å²) in [6.45, 7) is 5.81. The van der Waals surface area contributed by atoms with Crippen molar-refractivity contribution in [3.05, 3.63) is 53.6 Å². The second-order valence-corrected chi connectivity index (χ2v) is 12.7. The number of aromatic nitrogens is 1. The molecule has 4 rings (SSSR count). The molecular formula is C25H31ClF2N4O3S2. The average molecular weight is 573 g/mol. The number of benzene rings is 2. The van der Waals surface area contributed by atoms with Crippen molar-refractivity contribution in [2.24, 2.45) is 11.8 Å². The summed E-state index contributed by atoms with van der Waals surface area (Å²) in [7, 11) is 0.0422. The van der Waals surface area contributed by atoms with Crippen LogP contribution in [0.15, 0.2) is 41.3 Å². The van der Waals surface area contributed by atoms with Crippen LogP contribution in [0, 0.1) is 23.5 Å². The lowest BCUT2D eigenvalue weighted by atomic mass is 9.94. The number of piperidine rings is 1. The molecule has 2 heterocycles. The van der Waals surface area contributed by atoms with Crippen LogP contribution in [-0.4, -0.2) is 68.8 Å². The predicted octanol–water partition coefficient (Wildman–Crippen LogP) is 4.87. The Hall–Kier alpha value is -2.18. The molecule has 7 nitrogen and oxygen atoms in total. The number of thiazole rings is 1. The van der Waals surface area contributed by atoms with Crippen LogP contribution < -0.4 is 4.90 Å². The topological polar surface area (TPSA) is 73.8 Å². The zero-order valence-electron chi connectivity index (χ0n) is 21.1. The molecule has 12 heteroatoms. The van der Waals surface area contributed by atoms with Gasteiger partial charge in [0.2, 0.25) is 10.0 Å². The molecule has 0 radical (unpaired) electrons. The summed E-state index contributed by atoms with van der Waals surface area (Å²) in [5, 5.41) is 0.245. The second-order valence-electron chi connectivity index (χ2n) is 9.78. The number of halogens is 3. The Morgan fingerprint density at radius 1 is 1.08 bits per heavy atom. The Kier molecular flexibility index (Phi) is 9.28. The Morgan fingerprint density at radius 2 is 1.70 bits per heavy atom. The van der Waals surface area contributed by atoms with Gasteiger partial charge in [-0.25, -0.2) is 22.2 Å². The van der Waals surface area contributed by atoms with Crippen molar-refractivity contribution in [1.82, 2.24) is 14.2 Å². The molecule has 0 spiro atoms. The fourth-order valence-electron chi connectivity index (χ4n) is 4.52. The van der Waals surface area contributed by atoms with Crippen molar-refractivity contribution < 1.29 is 22.0 Å². The maximum Gasteiger partial charge on any atom is 0.260 e. The third-order valence-electron chi connectivity index (χ3n) is 6.22. The number of hydrogen-bond acceptors (Lipinski definition) is 6. The largest absolute Gasteiger partial charge is 0.308 e. The summed E-state index contributed by atoms with van der Waals surface area (Å²) < 4.78 is 56.2. The molecule has 37 heavy (non-hydrogen) atoms. The van der Waals surface area contributed by atoms with E-state index in [0.717, 1.165) is 23.8 Å². The third-order valence-corrected chi connectivity index (χ3v) is 9.09. The number of hydrogen-bond donors (Lipinski definition) is 0. The van der Waals surface area contributed by atoms with Crippen molar-refractivity contribution in [3.8, 4) is 0 Å². The van der Waals surface area contributed by atoms with Crippen molar-refractivity contribution in [2.45, 2.75) is 25.2 Å². The number of amides is 1. The van der Waals surface area contributed by atoms with E-state index in [1.165, 1.54) is 39.5 Å². The highest BCUT2D eigenvalue weighted by Crippen LogP contribution is 2.32. The number of nitrogens with zero attached hydrogens (tertiary/aromatic N) is 4. The molecule has 1 aliphatic heterocycles. The molecule has 2 atom stereocenters. The van der Waals surface area contributed by atoms with Crippen molar-refractivity contribution in [1.29, 1.82) is 0 Å². The van der Waals surface area contributed by atoms with Crippen molar-refractivity contribution >= 4 is 55.0 Å². The Labute approximate surface area is 226 Å². The molecule has 1 saturated heterocycles. The van der Waals surface area contributed by atoms with E-state index in [1.54, 1.807) is 0 Å². The summed E-state index contributed by atoms with van der Waals surface area (Å²) in [5.41, 5.74) is 0.282. The first-order chi connectivity index (χ1) is 17.0. The van der Waals surface area contributed by atoms with Crippen LogP contribution in [-0.2, 0) is 10.0 Å². The van der Waals surface area contributed by atoms with Gasteiger partial charge in [-0.2, -0.15) is 4.31 Å². The van der Waals surface area contributed by atoms with Gasteiger partial charge < -0.3 is 4.90 Å². The molecule has 1 aromatic heterocycles. The lowest BCUT2D eigenvalue weighted by Gasteiger charge is -2.34. The minimum Gasteiger partial charge on any atom is -0.308 e. The number of sulfonamides is 1. The molecule has 2 aromatic carbocycles. The van der Waals surface area contributed by atoms with Gasteiger partial charge in [-0.05, 0) is 62.7 Å². The quantitative estimate of drug-likeness (QED) is 0.404. The minimum absolute atomic E-state index is 0. The van der Waals surface area contributed by atoms with Gasteiger partial charge >= 0.3 is 0 Å². The van der Waals surface area contributed by atoms with E-state index in [-0.39, 0.29) is 51.9 Å². The van der Waals surface area contributed by atoms with E-state index in [1.807, 2.05) is 32.8 Å². The summed E-state index contributed by atoms with van der Waals surface area (Å²) in [6, 6.07) is 7.83. The second kappa shape index (κ2) is 11.7. The number of fused-ring (bicyclic) bond motifs is 1. The number of anilines is 1. The summed E-state index contributed by atoms with van der Waals surface area (Å²) in [4.78, 5) is 21.2. The van der Waals surface area contributed by atoms with Gasteiger partial charge in [0.15, 0.2) is 10.9 Å². The highest BCUT2D eigenvalue weighted by atomic mass is 35.5. The highest BCUT2D eigenvalue weighted by molar-refractivity contribution is 7.89. The first-order valence-corrected chi connectivity index (χ1v) is 14.0. The van der Waals surface area contributed by atoms with Crippen LogP contribution in [0.1, 0.15) is 30.6 Å². The van der Waals surface area contributed by atoms with Crippen molar-refractivity contribution in [3.63, 3.8) is 0 Å². The molecular weight excluding hydrogens is 542 g/mol. The van der Waals surface area contributed by atoms with Crippen LogP contribution in [0.3, 0.4) is 0 Å². The molecule has 0 N–H and O–H groups in total. The third kappa shape index (κ3) is 6.46. The Morgan fingerprint density at radius 3 is 2.30 bits per heavy atom. The van der Waals surface area contributed by atoms with Gasteiger partial charge in [-0.15, -0.1) is 12.4 Å². The van der Waals surface area contributed by atoms with E-state index >= 15 is 0 Å². The van der Waals surface area contributed by atoms with Crippen LogP contribution >= 0.6 is 23.7 Å². The molecule has 0 aliphatic carbocycles. The van der Waals surface area contributed by atoms with E-state index in [0.29, 0.717) is 24.3 Å². The van der Waals surface area contributed by atoms with Gasteiger partial charge in [0, 0.05) is 37.8 Å². The normalized spacial score (nSPS) is 18.7. The minimum atomic E-state index is -3.68. The Balaban J connectivity index is 0.00000380. The standard InChI is InChI=1S/C25H30F2N4O3S2.ClH/c1-16-11-17(2)15-30(14-16)36(33,34)20-7-5-18(6-8-20)24(32)31(10-9-29(3)4)25-28-23-21(27)12-19(26)13-22(23)35-25;/h5-8,12-13,16-17H,9-11,14-15H2,1-4H3;1H. The van der Waals surface area contributed by atoms with Crippen molar-refractivity contribution in [2.75, 3.05) is 45.2 Å². The monoisotopic (exact) mass is 572 g/mol. The fourth-order valence-corrected chi connectivity index (χ4v) is 7.23. The number of carbonyl (C=O) groups excluding carboxylic acids is 1. The summed E-state index contributed by atoms with van der Waals surface area (Å²) in [5.74, 6) is -1.34. The van der Waals surface area contributed by atoms with Crippen LogP contribution in [0.4, 0.5) is 13.9 Å². The fraction of sp³-hybridized carbons (Fsp3) is 0.440. The molecule has 2 unspecified atom stereocenters. The Bertz CT molecular complexity index is 1360. The van der Waals surface area contributed by atoms with Crippen LogP contribution in [0.25, 0.3) is 10.2 Å². The number of carbonyl (C=O) groups is 1. The van der Waals surface area contributed by atoms with E-state index in [4.69, 9.17) is 0 Å². The van der Waals surface area contributed by atoms with Crippen LogP contribution in [0.2, 0.25) is 0 Å². The maximum atomic E-state index is 14.3. The molecule has 202 valence electrons. The zero-order valence-corrected chi connectivity index (χ0v) is 23.6. The maximum absolute atomic E-state index is 14.3. The smallest absolute Gasteiger partial charge is 0.260 e. The number of likely N-dealkylation sites (N-methyl/N-ethyl adjacent to an activating group) is 1. The van der Waals surface area contributed by atoms with Gasteiger partial charge in [-0.1, -0.05) is 25.2 Å². The molecule has 3 aromatic rings. The van der Waals surface area contributed by atoms with Gasteiger partial charge in [0.25, 0.3) is 5.91 Å². The first kappa shape index (κ1) is 29.4. The lowest BCUT2D eigenvalue weighted by molar-refractivity contribution is 0.0985. The molecule has 1 fully saturated rings. The van der Waals surface area contributed by atoms with E-state index < -0.39 is 27.6 Å². The zero-order chi connectivity index (χ0) is 26.2. The molecule has 0 saturated carbocycles.